The van der Waals surface area contributed by atoms with Crippen LogP contribution in [-0.4, -0.2) is 16.5 Å². The van der Waals surface area contributed by atoms with Gasteiger partial charge in [0.1, 0.15) is 5.78 Å². The summed E-state index contributed by atoms with van der Waals surface area (Å²) in [5.41, 5.74) is 0.684. The molecular weight excluding hydrogens is 236 g/mol. The summed E-state index contributed by atoms with van der Waals surface area (Å²) in [6.07, 6.45) is 4.12. The van der Waals surface area contributed by atoms with Gasteiger partial charge in [-0.1, -0.05) is 30.3 Å². The van der Waals surface area contributed by atoms with Crippen LogP contribution in [0.2, 0.25) is 0 Å². The Labute approximate surface area is 115 Å². The minimum absolute atomic E-state index is 0.130. The number of hydrogen-bond donors (Lipinski definition) is 1. The fraction of sp³-hybridized carbons (Fsp3) is 0.588. The van der Waals surface area contributed by atoms with Crippen molar-refractivity contribution in [1.82, 2.24) is 0 Å². The molecule has 0 aliphatic heterocycles. The minimum Gasteiger partial charge on any atom is -0.390 e. The molecule has 2 unspecified atom stereocenters. The molecule has 0 bridgehead atoms. The quantitative estimate of drug-likeness (QED) is 0.896. The number of aliphatic hydroxyl groups is 1. The highest BCUT2D eigenvalue weighted by Crippen LogP contribution is 2.36. The average molecular weight is 260 g/mol. The van der Waals surface area contributed by atoms with E-state index in [9.17, 15) is 9.90 Å². The summed E-state index contributed by atoms with van der Waals surface area (Å²) in [6.45, 7) is 3.63. The second-order valence-electron chi connectivity index (χ2n) is 6.40. The molecule has 1 fully saturated rings. The Morgan fingerprint density at radius 2 is 1.95 bits per heavy atom. The van der Waals surface area contributed by atoms with Crippen LogP contribution in [-0.2, 0) is 4.79 Å². The maximum atomic E-state index is 12.0. The minimum atomic E-state index is -0.667. The first-order valence-electron chi connectivity index (χ1n) is 7.26. The van der Waals surface area contributed by atoms with Crippen LogP contribution in [0.15, 0.2) is 30.3 Å². The molecular formula is C17H24O2. The Balaban J connectivity index is 1.98. The molecule has 1 aromatic carbocycles. The molecule has 1 N–H and O–H groups in total. The Morgan fingerprint density at radius 1 is 1.26 bits per heavy atom. The summed E-state index contributed by atoms with van der Waals surface area (Å²) in [4.78, 5) is 12.0. The van der Waals surface area contributed by atoms with Gasteiger partial charge in [0.05, 0.1) is 5.60 Å². The van der Waals surface area contributed by atoms with Gasteiger partial charge in [-0.15, -0.1) is 0 Å². The Bertz CT molecular complexity index is 417. The van der Waals surface area contributed by atoms with Crippen molar-refractivity contribution in [1.29, 1.82) is 0 Å². The van der Waals surface area contributed by atoms with E-state index in [1.165, 1.54) is 5.56 Å². The largest absolute Gasteiger partial charge is 0.390 e. The van der Waals surface area contributed by atoms with Crippen molar-refractivity contribution in [3.05, 3.63) is 35.9 Å². The molecule has 1 saturated carbocycles. The summed E-state index contributed by atoms with van der Waals surface area (Å²) in [6, 6.07) is 10.5. The second-order valence-corrected chi connectivity index (χ2v) is 6.40. The van der Waals surface area contributed by atoms with Crippen LogP contribution in [0.25, 0.3) is 0 Å². The lowest BCUT2D eigenvalue weighted by atomic mass is 9.75. The zero-order chi connectivity index (χ0) is 13.9. The third kappa shape index (κ3) is 4.17. The van der Waals surface area contributed by atoms with E-state index in [0.29, 0.717) is 24.5 Å². The molecule has 0 saturated heterocycles. The lowest BCUT2D eigenvalue weighted by molar-refractivity contribution is -0.125. The highest BCUT2D eigenvalue weighted by atomic mass is 16.3. The van der Waals surface area contributed by atoms with Gasteiger partial charge < -0.3 is 5.11 Å². The fourth-order valence-corrected chi connectivity index (χ4v) is 2.95. The van der Waals surface area contributed by atoms with Crippen molar-refractivity contribution in [2.45, 2.75) is 57.5 Å². The van der Waals surface area contributed by atoms with Gasteiger partial charge in [-0.25, -0.2) is 0 Å². The number of benzene rings is 1. The third-order valence-corrected chi connectivity index (χ3v) is 4.14. The van der Waals surface area contributed by atoms with Crippen molar-refractivity contribution in [2.75, 3.05) is 0 Å². The van der Waals surface area contributed by atoms with Gasteiger partial charge in [-0.05, 0) is 51.0 Å². The Hall–Kier alpha value is -1.15. The fourth-order valence-electron chi connectivity index (χ4n) is 2.95. The molecule has 2 atom stereocenters. The van der Waals surface area contributed by atoms with Crippen LogP contribution < -0.4 is 0 Å². The molecule has 19 heavy (non-hydrogen) atoms. The predicted molar refractivity (Wildman–Crippen MR) is 77.1 cm³/mol. The summed E-state index contributed by atoms with van der Waals surface area (Å²) in [5.74, 6) is 1.02. The van der Waals surface area contributed by atoms with Gasteiger partial charge in [-0.3, -0.25) is 4.79 Å². The third-order valence-electron chi connectivity index (χ3n) is 4.14. The molecule has 0 spiro atoms. The van der Waals surface area contributed by atoms with E-state index < -0.39 is 5.60 Å². The van der Waals surface area contributed by atoms with Crippen LogP contribution in [0.5, 0.6) is 0 Å². The first-order valence-corrected chi connectivity index (χ1v) is 7.26. The molecule has 1 aromatic rings. The average Bonchev–Trinajstić information content (AvgIpc) is 2.38. The summed E-state index contributed by atoms with van der Waals surface area (Å²) in [7, 11) is 0. The van der Waals surface area contributed by atoms with Crippen LogP contribution in [0.3, 0.4) is 0 Å². The zero-order valence-corrected chi connectivity index (χ0v) is 11.9. The van der Waals surface area contributed by atoms with E-state index in [2.05, 4.69) is 24.3 Å². The molecule has 104 valence electrons. The van der Waals surface area contributed by atoms with Crippen LogP contribution in [0.1, 0.15) is 57.4 Å². The standard InChI is InChI=1S/C17H24O2/c1-17(2,19)11-10-15-12-14(8-9-16(15)18)13-6-4-3-5-7-13/h3-7,14-15,19H,8-12H2,1-2H3. The van der Waals surface area contributed by atoms with Crippen LogP contribution in [0, 0.1) is 5.92 Å². The highest BCUT2D eigenvalue weighted by molar-refractivity contribution is 5.82. The number of carbonyl (C=O) groups excluding carboxylic acids is 1. The van der Waals surface area contributed by atoms with Gasteiger partial charge in [0.15, 0.2) is 0 Å². The van der Waals surface area contributed by atoms with Gasteiger partial charge in [0.2, 0.25) is 0 Å². The molecule has 2 rings (SSSR count). The van der Waals surface area contributed by atoms with Crippen molar-refractivity contribution >= 4 is 5.78 Å². The lowest BCUT2D eigenvalue weighted by Gasteiger charge is -2.30. The normalized spacial score (nSPS) is 24.5. The number of rotatable bonds is 4. The zero-order valence-electron chi connectivity index (χ0n) is 11.9. The summed E-state index contributed by atoms with van der Waals surface area (Å²) >= 11 is 0. The molecule has 1 aliphatic rings. The number of hydrogen-bond acceptors (Lipinski definition) is 2. The number of Topliss-reactive ketones (excluding diaryl/α,β-unsaturated/α-hetero) is 1. The maximum Gasteiger partial charge on any atom is 0.136 e. The van der Waals surface area contributed by atoms with Gasteiger partial charge in [0.25, 0.3) is 0 Å². The lowest BCUT2D eigenvalue weighted by Crippen LogP contribution is -2.27. The van der Waals surface area contributed by atoms with Crippen molar-refractivity contribution in [3.63, 3.8) is 0 Å². The summed E-state index contributed by atoms with van der Waals surface area (Å²) < 4.78 is 0. The van der Waals surface area contributed by atoms with E-state index in [4.69, 9.17) is 0 Å². The van der Waals surface area contributed by atoms with Crippen molar-refractivity contribution < 1.29 is 9.90 Å². The molecule has 0 aromatic heterocycles. The van der Waals surface area contributed by atoms with Gasteiger partial charge in [0, 0.05) is 12.3 Å². The first-order chi connectivity index (χ1) is 8.96. The number of ketones is 1. The SMILES string of the molecule is CC(C)(O)CCC1CC(c2ccccc2)CCC1=O. The topological polar surface area (TPSA) is 37.3 Å². The van der Waals surface area contributed by atoms with Gasteiger partial charge >= 0.3 is 0 Å². The monoisotopic (exact) mass is 260 g/mol. The summed E-state index contributed by atoms with van der Waals surface area (Å²) in [5, 5.41) is 9.81. The molecule has 1 aliphatic carbocycles. The van der Waals surface area contributed by atoms with E-state index in [1.54, 1.807) is 0 Å². The smallest absolute Gasteiger partial charge is 0.136 e. The molecule has 0 heterocycles. The molecule has 0 radical (unpaired) electrons. The van der Waals surface area contributed by atoms with Gasteiger partial charge in [-0.2, -0.15) is 0 Å². The van der Waals surface area contributed by atoms with E-state index >= 15 is 0 Å². The number of carbonyl (C=O) groups is 1. The van der Waals surface area contributed by atoms with E-state index in [1.807, 2.05) is 19.9 Å². The molecule has 0 amide bonds. The van der Waals surface area contributed by atoms with E-state index in [-0.39, 0.29) is 5.92 Å². The molecule has 2 nitrogen and oxygen atoms in total. The first kappa shape index (κ1) is 14.3. The highest BCUT2D eigenvalue weighted by Gasteiger charge is 2.30. The Morgan fingerprint density at radius 3 is 2.58 bits per heavy atom. The predicted octanol–water partition coefficient (Wildman–Crippen LogP) is 3.69. The van der Waals surface area contributed by atoms with Crippen LogP contribution >= 0.6 is 0 Å². The van der Waals surface area contributed by atoms with Crippen LogP contribution in [0.4, 0.5) is 0 Å². The maximum absolute atomic E-state index is 12.0. The van der Waals surface area contributed by atoms with E-state index in [0.717, 1.165) is 19.3 Å². The Kier molecular flexibility index (Phi) is 4.41. The van der Waals surface area contributed by atoms with Crippen molar-refractivity contribution in [2.24, 2.45) is 5.92 Å². The molecule has 2 heteroatoms. The van der Waals surface area contributed by atoms with Crippen molar-refractivity contribution in [3.8, 4) is 0 Å². The second kappa shape index (κ2) is 5.87.